The average molecular weight is 347 g/mol. The molecule has 0 aromatic heterocycles. The normalized spacial score (nSPS) is 12.1. The number of nitrogens with one attached hydrogen (secondary N) is 1. The number of hydrogen-bond donors (Lipinski definition) is 1. The first-order chi connectivity index (χ1) is 11.8. The van der Waals surface area contributed by atoms with Gasteiger partial charge in [-0.05, 0) is 54.7 Å². The highest BCUT2D eigenvalue weighted by molar-refractivity contribution is 5.78. The Balaban J connectivity index is 1.99. The topological polar surface area (TPSA) is 38.3 Å². The van der Waals surface area contributed by atoms with Gasteiger partial charge in [0.15, 0.2) is 18.2 Å². The molecule has 0 aliphatic heterocycles. The number of ether oxygens (including phenoxy) is 1. The Bertz CT molecular complexity index is 759. The second-order valence-corrected chi connectivity index (χ2v) is 6.45. The summed E-state index contributed by atoms with van der Waals surface area (Å²) in [6, 6.07) is 9.03. The Morgan fingerprint density at radius 3 is 2.44 bits per heavy atom. The van der Waals surface area contributed by atoms with Crippen molar-refractivity contribution in [2.45, 2.75) is 39.7 Å². The third kappa shape index (κ3) is 5.02. The second-order valence-electron chi connectivity index (χ2n) is 6.45. The predicted octanol–water partition coefficient (Wildman–Crippen LogP) is 4.65. The fraction of sp³-hybridized carbons (Fsp3) is 0.350. The molecule has 0 spiro atoms. The summed E-state index contributed by atoms with van der Waals surface area (Å²) in [5.74, 6) is -1.21. The van der Waals surface area contributed by atoms with E-state index in [0.717, 1.165) is 23.3 Å². The van der Waals surface area contributed by atoms with Crippen molar-refractivity contribution in [3.63, 3.8) is 0 Å². The molecule has 3 nitrogen and oxygen atoms in total. The van der Waals surface area contributed by atoms with Crippen molar-refractivity contribution in [3.8, 4) is 5.75 Å². The summed E-state index contributed by atoms with van der Waals surface area (Å²) in [5.41, 5.74) is 2.58. The number of benzene rings is 2. The third-order valence-electron chi connectivity index (χ3n) is 3.97. The van der Waals surface area contributed by atoms with Crippen LogP contribution in [0.2, 0.25) is 0 Å². The molecule has 0 saturated heterocycles. The van der Waals surface area contributed by atoms with Crippen LogP contribution in [0.15, 0.2) is 36.4 Å². The maximum atomic E-state index is 13.3. The Morgan fingerprint density at radius 1 is 1.08 bits per heavy atom. The number of carbonyl (C=O) groups excluding carboxylic acids is 1. The molecule has 2 aromatic rings. The van der Waals surface area contributed by atoms with E-state index in [4.69, 9.17) is 4.74 Å². The van der Waals surface area contributed by atoms with Gasteiger partial charge in [-0.15, -0.1) is 0 Å². The molecule has 0 fully saturated rings. The van der Waals surface area contributed by atoms with Crippen LogP contribution >= 0.6 is 0 Å². The van der Waals surface area contributed by atoms with E-state index in [9.17, 15) is 13.6 Å². The monoisotopic (exact) mass is 347 g/mol. The number of amides is 1. The van der Waals surface area contributed by atoms with Gasteiger partial charge in [-0.3, -0.25) is 4.79 Å². The minimum atomic E-state index is -0.934. The zero-order valence-electron chi connectivity index (χ0n) is 14.9. The fourth-order valence-corrected chi connectivity index (χ4v) is 2.54. The van der Waals surface area contributed by atoms with Crippen molar-refractivity contribution < 1.29 is 18.3 Å². The van der Waals surface area contributed by atoms with Crippen LogP contribution in [0.4, 0.5) is 8.78 Å². The summed E-state index contributed by atoms with van der Waals surface area (Å²) in [6.07, 6.45) is 0. The molecule has 1 atom stereocenters. The average Bonchev–Trinajstić information content (AvgIpc) is 2.55. The number of rotatable bonds is 6. The van der Waals surface area contributed by atoms with Gasteiger partial charge in [0.05, 0.1) is 6.04 Å². The number of hydrogen-bond acceptors (Lipinski definition) is 2. The molecule has 0 aliphatic carbocycles. The summed E-state index contributed by atoms with van der Waals surface area (Å²) in [7, 11) is 0. The maximum Gasteiger partial charge on any atom is 0.258 e. The number of halogens is 2. The van der Waals surface area contributed by atoms with Gasteiger partial charge >= 0.3 is 0 Å². The smallest absolute Gasteiger partial charge is 0.258 e. The highest BCUT2D eigenvalue weighted by Gasteiger charge is 2.14. The van der Waals surface area contributed by atoms with Crippen molar-refractivity contribution in [1.29, 1.82) is 0 Å². The van der Waals surface area contributed by atoms with Crippen LogP contribution in [0, 0.1) is 18.6 Å². The van der Waals surface area contributed by atoms with E-state index < -0.39 is 17.7 Å². The number of aryl methyl sites for hydroxylation is 1. The first-order valence-corrected chi connectivity index (χ1v) is 8.25. The summed E-state index contributed by atoms with van der Waals surface area (Å²) >= 11 is 0. The van der Waals surface area contributed by atoms with Crippen LogP contribution in [-0.2, 0) is 4.79 Å². The molecule has 0 saturated carbocycles. The zero-order chi connectivity index (χ0) is 18.6. The minimum absolute atomic E-state index is 0.142. The van der Waals surface area contributed by atoms with Gasteiger partial charge in [-0.1, -0.05) is 32.0 Å². The van der Waals surface area contributed by atoms with Gasteiger partial charge in [0.25, 0.3) is 5.91 Å². The van der Waals surface area contributed by atoms with E-state index in [1.807, 2.05) is 25.1 Å². The molecule has 2 rings (SSSR count). The highest BCUT2D eigenvalue weighted by atomic mass is 19.2. The van der Waals surface area contributed by atoms with E-state index in [-0.39, 0.29) is 18.4 Å². The molecule has 134 valence electrons. The molecule has 0 bridgehead atoms. The SMILES string of the molecule is Cc1ccc(C(C)C)c(OCC(=O)NC(C)c2ccc(F)c(F)c2)c1. The van der Waals surface area contributed by atoms with Crippen LogP contribution < -0.4 is 10.1 Å². The van der Waals surface area contributed by atoms with Crippen LogP contribution in [0.1, 0.15) is 49.4 Å². The zero-order valence-corrected chi connectivity index (χ0v) is 14.9. The Morgan fingerprint density at radius 2 is 1.80 bits per heavy atom. The van der Waals surface area contributed by atoms with Crippen molar-refractivity contribution in [1.82, 2.24) is 5.32 Å². The van der Waals surface area contributed by atoms with Crippen LogP contribution in [0.25, 0.3) is 0 Å². The standard InChI is InChI=1S/C20H23F2NO2/c1-12(2)16-7-5-13(3)9-19(16)25-11-20(24)23-14(4)15-6-8-17(21)18(22)10-15/h5-10,12,14H,11H2,1-4H3,(H,23,24). The predicted molar refractivity (Wildman–Crippen MR) is 93.7 cm³/mol. The van der Waals surface area contributed by atoms with Gasteiger partial charge < -0.3 is 10.1 Å². The molecule has 1 amide bonds. The molecular formula is C20H23F2NO2. The van der Waals surface area contributed by atoms with Gasteiger partial charge in [0.2, 0.25) is 0 Å². The Labute approximate surface area is 147 Å². The first-order valence-electron chi connectivity index (χ1n) is 8.25. The largest absolute Gasteiger partial charge is 0.483 e. The lowest BCUT2D eigenvalue weighted by molar-refractivity contribution is -0.123. The summed E-state index contributed by atoms with van der Waals surface area (Å²) in [5, 5.41) is 2.72. The summed E-state index contributed by atoms with van der Waals surface area (Å²) in [4.78, 5) is 12.1. The molecular weight excluding hydrogens is 324 g/mol. The lowest BCUT2D eigenvalue weighted by atomic mass is 10.0. The molecule has 0 heterocycles. The molecule has 0 aliphatic rings. The highest BCUT2D eigenvalue weighted by Crippen LogP contribution is 2.27. The second kappa shape index (κ2) is 8.10. The van der Waals surface area contributed by atoms with E-state index in [1.165, 1.54) is 6.07 Å². The van der Waals surface area contributed by atoms with Gasteiger partial charge in [0, 0.05) is 0 Å². The van der Waals surface area contributed by atoms with Crippen molar-refractivity contribution >= 4 is 5.91 Å². The van der Waals surface area contributed by atoms with E-state index in [0.29, 0.717) is 11.3 Å². The van der Waals surface area contributed by atoms with E-state index in [1.54, 1.807) is 6.92 Å². The van der Waals surface area contributed by atoms with E-state index >= 15 is 0 Å². The Kier molecular flexibility index (Phi) is 6.12. The lowest BCUT2D eigenvalue weighted by Gasteiger charge is -2.17. The molecule has 25 heavy (non-hydrogen) atoms. The van der Waals surface area contributed by atoms with Gasteiger partial charge in [-0.25, -0.2) is 8.78 Å². The molecule has 1 unspecified atom stereocenters. The van der Waals surface area contributed by atoms with Crippen LogP contribution in [-0.4, -0.2) is 12.5 Å². The molecule has 0 radical (unpaired) electrons. The lowest BCUT2D eigenvalue weighted by Crippen LogP contribution is -2.31. The maximum absolute atomic E-state index is 13.3. The minimum Gasteiger partial charge on any atom is -0.483 e. The third-order valence-corrected chi connectivity index (χ3v) is 3.97. The summed E-state index contributed by atoms with van der Waals surface area (Å²) in [6.45, 7) is 7.64. The molecule has 5 heteroatoms. The van der Waals surface area contributed by atoms with Crippen LogP contribution in [0.3, 0.4) is 0 Å². The van der Waals surface area contributed by atoms with E-state index in [2.05, 4.69) is 19.2 Å². The summed E-state index contributed by atoms with van der Waals surface area (Å²) < 4.78 is 32.0. The molecule has 1 N–H and O–H groups in total. The molecule has 2 aromatic carbocycles. The van der Waals surface area contributed by atoms with Crippen molar-refractivity contribution in [3.05, 3.63) is 64.7 Å². The fourth-order valence-electron chi connectivity index (χ4n) is 2.54. The Hall–Kier alpha value is -2.43. The van der Waals surface area contributed by atoms with Crippen LogP contribution in [0.5, 0.6) is 5.75 Å². The van der Waals surface area contributed by atoms with Crippen molar-refractivity contribution in [2.75, 3.05) is 6.61 Å². The van der Waals surface area contributed by atoms with Gasteiger partial charge in [0.1, 0.15) is 5.75 Å². The number of carbonyl (C=O) groups is 1. The van der Waals surface area contributed by atoms with Crippen molar-refractivity contribution in [2.24, 2.45) is 0 Å². The first kappa shape index (κ1) is 18.9. The quantitative estimate of drug-likeness (QED) is 0.826. The van der Waals surface area contributed by atoms with Gasteiger partial charge in [-0.2, -0.15) is 0 Å².